The van der Waals surface area contributed by atoms with Crippen LogP contribution in [0.2, 0.25) is 5.02 Å². The standard InChI is InChI=1S/C13H8ClN3O2/c14-12-5-8(3-4-11(12)13(18)19)17-10-2-1-9(6-15)16-7-10/h1-5,7,17H,(H,18,19). The number of nitrogens with zero attached hydrogens (tertiary/aromatic N) is 2. The van der Waals surface area contributed by atoms with E-state index >= 15 is 0 Å². The highest BCUT2D eigenvalue weighted by molar-refractivity contribution is 6.33. The number of halogens is 1. The van der Waals surface area contributed by atoms with Crippen LogP contribution in [0.5, 0.6) is 0 Å². The largest absolute Gasteiger partial charge is 0.478 e. The molecule has 2 N–H and O–H groups in total. The number of carboxylic acid groups (broad SMARTS) is 1. The molecule has 1 aromatic carbocycles. The van der Waals surface area contributed by atoms with Gasteiger partial charge in [-0.05, 0) is 30.3 Å². The van der Waals surface area contributed by atoms with Crippen molar-refractivity contribution in [2.24, 2.45) is 0 Å². The summed E-state index contributed by atoms with van der Waals surface area (Å²) in [5.74, 6) is -1.07. The topological polar surface area (TPSA) is 86.0 Å². The van der Waals surface area contributed by atoms with Crippen LogP contribution in [0.1, 0.15) is 16.1 Å². The van der Waals surface area contributed by atoms with E-state index in [1.54, 1.807) is 18.2 Å². The molecule has 0 saturated carbocycles. The Morgan fingerprint density at radius 1 is 1.32 bits per heavy atom. The number of carbonyl (C=O) groups is 1. The number of pyridine rings is 1. The molecule has 0 fully saturated rings. The maximum atomic E-state index is 10.8. The van der Waals surface area contributed by atoms with Crippen molar-refractivity contribution in [1.82, 2.24) is 4.98 Å². The quantitative estimate of drug-likeness (QED) is 0.897. The van der Waals surface area contributed by atoms with Crippen LogP contribution in [0.15, 0.2) is 36.5 Å². The maximum absolute atomic E-state index is 10.8. The molecule has 0 aliphatic rings. The number of rotatable bonds is 3. The Hall–Kier alpha value is -2.58. The third kappa shape index (κ3) is 3.00. The number of aromatic carboxylic acids is 1. The van der Waals surface area contributed by atoms with E-state index in [0.717, 1.165) is 0 Å². The van der Waals surface area contributed by atoms with E-state index in [1.807, 2.05) is 6.07 Å². The molecule has 0 saturated heterocycles. The fraction of sp³-hybridized carbons (Fsp3) is 0. The van der Waals surface area contributed by atoms with Crippen LogP contribution in [0, 0.1) is 11.3 Å². The first-order valence-electron chi connectivity index (χ1n) is 5.26. The van der Waals surface area contributed by atoms with Gasteiger partial charge in [0.05, 0.1) is 22.5 Å². The fourth-order valence-corrected chi connectivity index (χ4v) is 1.73. The minimum atomic E-state index is -1.07. The van der Waals surface area contributed by atoms with Gasteiger partial charge in [0.2, 0.25) is 0 Å². The van der Waals surface area contributed by atoms with Gasteiger partial charge in [0.15, 0.2) is 0 Å². The first kappa shape index (κ1) is 12.9. The monoisotopic (exact) mass is 273 g/mol. The summed E-state index contributed by atoms with van der Waals surface area (Å²) in [4.78, 5) is 14.7. The summed E-state index contributed by atoms with van der Waals surface area (Å²) in [5, 5.41) is 20.7. The number of nitrogens with one attached hydrogen (secondary N) is 1. The molecular formula is C13H8ClN3O2. The van der Waals surface area contributed by atoms with Gasteiger partial charge in [-0.2, -0.15) is 5.26 Å². The van der Waals surface area contributed by atoms with Gasteiger partial charge in [-0.15, -0.1) is 0 Å². The second-order valence-electron chi connectivity index (χ2n) is 3.67. The van der Waals surface area contributed by atoms with E-state index in [0.29, 0.717) is 17.1 Å². The van der Waals surface area contributed by atoms with Crippen molar-refractivity contribution in [3.05, 3.63) is 52.8 Å². The summed E-state index contributed by atoms with van der Waals surface area (Å²) < 4.78 is 0. The van der Waals surface area contributed by atoms with E-state index in [1.165, 1.54) is 18.3 Å². The van der Waals surface area contributed by atoms with E-state index in [4.69, 9.17) is 22.0 Å². The zero-order valence-electron chi connectivity index (χ0n) is 9.59. The zero-order valence-corrected chi connectivity index (χ0v) is 10.3. The minimum Gasteiger partial charge on any atom is -0.478 e. The molecule has 0 aliphatic heterocycles. The van der Waals surface area contributed by atoms with Crippen molar-refractivity contribution < 1.29 is 9.90 Å². The molecule has 0 bridgehead atoms. The highest BCUT2D eigenvalue weighted by Crippen LogP contribution is 2.23. The lowest BCUT2D eigenvalue weighted by Gasteiger charge is -2.07. The smallest absolute Gasteiger partial charge is 0.337 e. The van der Waals surface area contributed by atoms with Crippen molar-refractivity contribution in [2.45, 2.75) is 0 Å². The second-order valence-corrected chi connectivity index (χ2v) is 4.08. The van der Waals surface area contributed by atoms with Crippen LogP contribution in [0.3, 0.4) is 0 Å². The third-order valence-corrected chi connectivity index (χ3v) is 2.68. The third-order valence-electron chi connectivity index (χ3n) is 2.37. The van der Waals surface area contributed by atoms with Gasteiger partial charge in [0.1, 0.15) is 11.8 Å². The molecule has 0 amide bonds. The Labute approximate surface area is 114 Å². The van der Waals surface area contributed by atoms with Gasteiger partial charge in [-0.25, -0.2) is 9.78 Å². The average Bonchev–Trinajstić information content (AvgIpc) is 2.39. The molecule has 0 radical (unpaired) electrons. The van der Waals surface area contributed by atoms with Gasteiger partial charge in [-0.3, -0.25) is 0 Å². The number of nitriles is 1. The number of aromatic nitrogens is 1. The number of carboxylic acids is 1. The molecule has 5 nitrogen and oxygen atoms in total. The van der Waals surface area contributed by atoms with E-state index in [2.05, 4.69) is 10.3 Å². The van der Waals surface area contributed by atoms with E-state index < -0.39 is 5.97 Å². The van der Waals surface area contributed by atoms with Crippen molar-refractivity contribution in [3.63, 3.8) is 0 Å². The predicted molar refractivity (Wildman–Crippen MR) is 70.6 cm³/mol. The zero-order chi connectivity index (χ0) is 13.8. The Bertz CT molecular complexity index is 663. The minimum absolute atomic E-state index is 0.0465. The van der Waals surface area contributed by atoms with E-state index in [9.17, 15) is 4.79 Å². The van der Waals surface area contributed by atoms with Crippen molar-refractivity contribution >= 4 is 28.9 Å². The molecule has 0 aliphatic carbocycles. The summed E-state index contributed by atoms with van der Waals surface area (Å²) >= 11 is 5.86. The van der Waals surface area contributed by atoms with Gasteiger partial charge >= 0.3 is 5.97 Å². The van der Waals surface area contributed by atoms with Gasteiger partial charge in [-0.1, -0.05) is 11.6 Å². The highest BCUT2D eigenvalue weighted by atomic mass is 35.5. The second kappa shape index (κ2) is 5.38. The highest BCUT2D eigenvalue weighted by Gasteiger charge is 2.08. The van der Waals surface area contributed by atoms with Gasteiger partial charge < -0.3 is 10.4 Å². The Morgan fingerprint density at radius 2 is 2.05 bits per heavy atom. The van der Waals surface area contributed by atoms with Crippen LogP contribution in [-0.4, -0.2) is 16.1 Å². The number of hydrogen-bond donors (Lipinski definition) is 2. The number of benzene rings is 1. The first-order chi connectivity index (χ1) is 9.10. The lowest BCUT2D eigenvalue weighted by atomic mass is 10.2. The van der Waals surface area contributed by atoms with Crippen LogP contribution >= 0.6 is 11.6 Å². The Morgan fingerprint density at radius 3 is 2.58 bits per heavy atom. The van der Waals surface area contributed by atoms with Crippen LogP contribution in [-0.2, 0) is 0 Å². The van der Waals surface area contributed by atoms with Crippen molar-refractivity contribution in [1.29, 1.82) is 5.26 Å². The molecule has 94 valence electrons. The number of hydrogen-bond acceptors (Lipinski definition) is 4. The molecule has 0 unspecified atom stereocenters. The Balaban J connectivity index is 2.21. The SMILES string of the molecule is N#Cc1ccc(Nc2ccc(C(=O)O)c(Cl)c2)cn1. The summed E-state index contributed by atoms with van der Waals surface area (Å²) in [7, 11) is 0. The number of anilines is 2. The summed E-state index contributed by atoms with van der Waals surface area (Å²) in [6, 6.07) is 9.74. The molecule has 2 rings (SSSR count). The van der Waals surface area contributed by atoms with Crippen molar-refractivity contribution in [2.75, 3.05) is 5.32 Å². The molecule has 0 spiro atoms. The first-order valence-corrected chi connectivity index (χ1v) is 5.64. The normalized spacial score (nSPS) is 9.68. The van der Waals surface area contributed by atoms with Crippen molar-refractivity contribution in [3.8, 4) is 6.07 Å². The summed E-state index contributed by atoms with van der Waals surface area (Å²) in [5.41, 5.74) is 1.69. The lowest BCUT2D eigenvalue weighted by molar-refractivity contribution is 0.0697. The predicted octanol–water partition coefficient (Wildman–Crippen LogP) is 3.05. The van der Waals surface area contributed by atoms with Crippen LogP contribution < -0.4 is 5.32 Å². The molecule has 1 aromatic heterocycles. The summed E-state index contributed by atoms with van der Waals surface area (Å²) in [6.07, 6.45) is 1.51. The van der Waals surface area contributed by atoms with Gasteiger partial charge in [0, 0.05) is 5.69 Å². The fourth-order valence-electron chi connectivity index (χ4n) is 1.47. The molecule has 19 heavy (non-hydrogen) atoms. The molecular weight excluding hydrogens is 266 g/mol. The molecule has 0 atom stereocenters. The average molecular weight is 274 g/mol. The van der Waals surface area contributed by atoms with Crippen LogP contribution in [0.4, 0.5) is 11.4 Å². The maximum Gasteiger partial charge on any atom is 0.337 e. The van der Waals surface area contributed by atoms with Crippen LogP contribution in [0.25, 0.3) is 0 Å². The lowest BCUT2D eigenvalue weighted by Crippen LogP contribution is -1.98. The van der Waals surface area contributed by atoms with Gasteiger partial charge in [0.25, 0.3) is 0 Å². The Kier molecular flexibility index (Phi) is 3.64. The molecule has 2 aromatic rings. The summed E-state index contributed by atoms with van der Waals surface area (Å²) in [6.45, 7) is 0. The molecule has 6 heteroatoms. The molecule has 1 heterocycles. The van der Waals surface area contributed by atoms with E-state index in [-0.39, 0.29) is 10.6 Å².